The van der Waals surface area contributed by atoms with Crippen LogP contribution in [0.15, 0.2) is 71.8 Å². The van der Waals surface area contributed by atoms with Crippen molar-refractivity contribution in [3.63, 3.8) is 0 Å². The molecule has 39 heavy (non-hydrogen) atoms. The topological polar surface area (TPSA) is 9.23 Å². The number of benzene rings is 2. The maximum absolute atomic E-state index is 6.57. The van der Waals surface area contributed by atoms with Crippen LogP contribution in [0.5, 0.6) is 0 Å². The summed E-state index contributed by atoms with van der Waals surface area (Å²) in [5, 5.41) is 0. The standard InChI is InChI=1S/C38H54O/c1-27(2)15-19-31-21-17-29(5)23-37(31)35-13-9-7-11-33(35)25-39-26-34-12-8-10-14-36(34)38-24-30(6)18-22-32(38)20-16-28(3)4/h7-16,29-32,37-38H,17-26H2,1-6H3. The molecule has 2 aromatic carbocycles. The van der Waals surface area contributed by atoms with Crippen molar-refractivity contribution in [2.24, 2.45) is 23.7 Å². The zero-order valence-electron chi connectivity index (χ0n) is 25.7. The van der Waals surface area contributed by atoms with Crippen LogP contribution in [-0.2, 0) is 18.0 Å². The second-order valence-corrected chi connectivity index (χ2v) is 13.5. The van der Waals surface area contributed by atoms with Gasteiger partial charge >= 0.3 is 0 Å². The van der Waals surface area contributed by atoms with Crippen LogP contribution in [0.4, 0.5) is 0 Å². The van der Waals surface area contributed by atoms with Gasteiger partial charge in [0.1, 0.15) is 0 Å². The number of allylic oxidation sites excluding steroid dienone is 4. The fraction of sp³-hybridized carbons (Fsp3) is 0.579. The average molecular weight is 527 g/mol. The molecule has 2 aromatic rings. The molecule has 2 aliphatic carbocycles. The summed E-state index contributed by atoms with van der Waals surface area (Å²) >= 11 is 0. The van der Waals surface area contributed by atoms with E-state index in [4.69, 9.17) is 4.74 Å². The maximum atomic E-state index is 6.57. The van der Waals surface area contributed by atoms with Crippen LogP contribution in [0.3, 0.4) is 0 Å². The van der Waals surface area contributed by atoms with E-state index < -0.39 is 0 Å². The van der Waals surface area contributed by atoms with E-state index in [0.29, 0.717) is 25.0 Å². The van der Waals surface area contributed by atoms with Gasteiger partial charge in [0.15, 0.2) is 0 Å². The van der Waals surface area contributed by atoms with Crippen LogP contribution in [0.25, 0.3) is 0 Å². The Kier molecular flexibility index (Phi) is 11.1. The molecule has 4 rings (SSSR count). The van der Waals surface area contributed by atoms with Crippen LogP contribution in [0, 0.1) is 23.7 Å². The minimum Gasteiger partial charge on any atom is -0.372 e. The Bertz CT molecular complexity index is 1010. The van der Waals surface area contributed by atoms with Crippen molar-refractivity contribution < 1.29 is 4.74 Å². The molecule has 0 amide bonds. The molecule has 212 valence electrons. The highest BCUT2D eigenvalue weighted by Gasteiger charge is 2.32. The molecule has 0 aliphatic heterocycles. The highest BCUT2D eigenvalue weighted by molar-refractivity contribution is 5.33. The first kappa shape index (κ1) is 29.9. The Balaban J connectivity index is 1.49. The zero-order valence-corrected chi connectivity index (χ0v) is 25.7. The van der Waals surface area contributed by atoms with Gasteiger partial charge in [-0.05, 0) is 124 Å². The van der Waals surface area contributed by atoms with Gasteiger partial charge in [-0.25, -0.2) is 0 Å². The van der Waals surface area contributed by atoms with E-state index in [1.165, 1.54) is 84.8 Å². The molecular weight excluding hydrogens is 472 g/mol. The summed E-state index contributed by atoms with van der Waals surface area (Å²) in [5.41, 5.74) is 8.74. The molecule has 0 spiro atoms. The van der Waals surface area contributed by atoms with Gasteiger partial charge in [0.05, 0.1) is 13.2 Å². The predicted molar refractivity (Wildman–Crippen MR) is 168 cm³/mol. The third kappa shape index (κ3) is 8.43. The van der Waals surface area contributed by atoms with Crippen molar-refractivity contribution in [2.75, 3.05) is 0 Å². The second kappa shape index (κ2) is 14.5. The lowest BCUT2D eigenvalue weighted by Crippen LogP contribution is -2.23. The molecule has 2 fully saturated rings. The van der Waals surface area contributed by atoms with E-state index in [1.807, 2.05) is 0 Å². The van der Waals surface area contributed by atoms with E-state index >= 15 is 0 Å². The SMILES string of the molecule is CC(C)=CCC1CCC(C)CC1c1ccccc1COCc1ccccc1C1CC(C)CCC1CC=C(C)C. The van der Waals surface area contributed by atoms with Gasteiger partial charge in [0.25, 0.3) is 0 Å². The normalized spacial score (nSPS) is 27.1. The first-order valence-corrected chi connectivity index (χ1v) is 15.8. The molecule has 6 unspecified atom stereocenters. The average Bonchev–Trinajstić information content (AvgIpc) is 2.92. The van der Waals surface area contributed by atoms with Gasteiger partial charge in [-0.3, -0.25) is 0 Å². The summed E-state index contributed by atoms with van der Waals surface area (Å²) in [6.07, 6.45) is 15.3. The molecule has 0 radical (unpaired) electrons. The predicted octanol–water partition coefficient (Wildman–Crippen LogP) is 11.2. The largest absolute Gasteiger partial charge is 0.372 e. The van der Waals surface area contributed by atoms with Crippen molar-refractivity contribution >= 4 is 0 Å². The van der Waals surface area contributed by atoms with E-state index in [2.05, 4.69) is 102 Å². The molecule has 0 heterocycles. The Hall–Kier alpha value is -2.12. The second-order valence-electron chi connectivity index (χ2n) is 13.5. The van der Waals surface area contributed by atoms with Crippen LogP contribution in [0.2, 0.25) is 0 Å². The molecule has 0 aromatic heterocycles. The summed E-state index contributed by atoms with van der Waals surface area (Å²) < 4.78 is 6.57. The maximum Gasteiger partial charge on any atom is 0.0724 e. The van der Waals surface area contributed by atoms with Gasteiger partial charge < -0.3 is 4.74 Å². The lowest BCUT2D eigenvalue weighted by atomic mass is 9.69. The summed E-state index contributed by atoms with van der Waals surface area (Å²) in [5.74, 6) is 4.35. The summed E-state index contributed by atoms with van der Waals surface area (Å²) in [4.78, 5) is 0. The fourth-order valence-electron chi connectivity index (χ4n) is 7.31. The lowest BCUT2D eigenvalue weighted by Gasteiger charge is -2.36. The number of hydrogen-bond acceptors (Lipinski definition) is 1. The van der Waals surface area contributed by atoms with E-state index in [9.17, 15) is 0 Å². The quantitative estimate of drug-likeness (QED) is 0.280. The first-order valence-electron chi connectivity index (χ1n) is 15.8. The molecule has 1 heteroatoms. The van der Waals surface area contributed by atoms with Gasteiger partial charge in [-0.2, -0.15) is 0 Å². The number of hydrogen-bond donors (Lipinski definition) is 0. The smallest absolute Gasteiger partial charge is 0.0724 e. The molecular formula is C38H54O. The summed E-state index contributed by atoms with van der Waals surface area (Å²) in [7, 11) is 0. The van der Waals surface area contributed by atoms with Gasteiger partial charge in [0.2, 0.25) is 0 Å². The number of ether oxygens (including phenoxy) is 1. The summed E-state index contributed by atoms with van der Waals surface area (Å²) in [6, 6.07) is 18.3. The molecule has 6 atom stereocenters. The van der Waals surface area contributed by atoms with E-state index in [-0.39, 0.29) is 0 Å². The Morgan fingerprint density at radius 2 is 1.05 bits per heavy atom. The van der Waals surface area contributed by atoms with E-state index in [1.54, 1.807) is 0 Å². The fourth-order valence-corrected chi connectivity index (χ4v) is 7.31. The van der Waals surface area contributed by atoms with Crippen molar-refractivity contribution in [2.45, 2.75) is 118 Å². The Morgan fingerprint density at radius 3 is 1.46 bits per heavy atom. The first-order chi connectivity index (χ1) is 18.8. The van der Waals surface area contributed by atoms with Crippen molar-refractivity contribution in [1.82, 2.24) is 0 Å². The highest BCUT2D eigenvalue weighted by Crippen LogP contribution is 2.45. The van der Waals surface area contributed by atoms with Crippen molar-refractivity contribution in [1.29, 1.82) is 0 Å². The lowest BCUT2D eigenvalue weighted by molar-refractivity contribution is 0.104. The third-order valence-electron chi connectivity index (χ3n) is 9.59. The minimum atomic E-state index is 0.635. The van der Waals surface area contributed by atoms with Gasteiger partial charge in [-0.15, -0.1) is 0 Å². The zero-order chi connectivity index (χ0) is 27.8. The number of rotatable bonds is 10. The Morgan fingerprint density at radius 1 is 0.641 bits per heavy atom. The molecule has 0 N–H and O–H groups in total. The Labute approximate surface area is 240 Å². The molecule has 1 nitrogen and oxygen atoms in total. The van der Waals surface area contributed by atoms with Crippen molar-refractivity contribution in [3.8, 4) is 0 Å². The summed E-state index contributed by atoms with van der Waals surface area (Å²) in [6.45, 7) is 15.2. The van der Waals surface area contributed by atoms with Gasteiger partial charge in [-0.1, -0.05) is 98.5 Å². The van der Waals surface area contributed by atoms with Crippen LogP contribution < -0.4 is 0 Å². The highest BCUT2D eigenvalue weighted by atomic mass is 16.5. The van der Waals surface area contributed by atoms with Crippen LogP contribution in [0.1, 0.15) is 127 Å². The van der Waals surface area contributed by atoms with E-state index in [0.717, 1.165) is 23.7 Å². The molecule has 0 saturated heterocycles. The minimum absolute atomic E-state index is 0.635. The monoisotopic (exact) mass is 526 g/mol. The molecule has 0 bridgehead atoms. The third-order valence-corrected chi connectivity index (χ3v) is 9.59. The van der Waals surface area contributed by atoms with Crippen LogP contribution >= 0.6 is 0 Å². The van der Waals surface area contributed by atoms with Crippen molar-refractivity contribution in [3.05, 3.63) is 94.1 Å². The molecule has 2 saturated carbocycles. The van der Waals surface area contributed by atoms with Gasteiger partial charge in [0, 0.05) is 0 Å². The molecule has 2 aliphatic rings. The van der Waals surface area contributed by atoms with Crippen LogP contribution in [-0.4, -0.2) is 0 Å².